The molecule has 0 atom stereocenters. The molecule has 130 valence electrons. The lowest BCUT2D eigenvalue weighted by atomic mass is 10.1. The number of carbonyl (C=O) groups excluding carboxylic acids is 1. The fraction of sp³-hybridized carbons (Fsp3) is 0.333. The molecule has 2 aromatic heterocycles. The third-order valence-corrected chi connectivity index (χ3v) is 4.02. The molecule has 7 nitrogen and oxygen atoms in total. The van der Waals surface area contributed by atoms with Gasteiger partial charge in [0, 0.05) is 5.69 Å². The average molecular weight is 339 g/mol. The van der Waals surface area contributed by atoms with E-state index >= 15 is 0 Å². The summed E-state index contributed by atoms with van der Waals surface area (Å²) < 4.78 is 2.51. The summed E-state index contributed by atoms with van der Waals surface area (Å²) in [6.07, 6.45) is 7.58. The number of amides is 1. The number of anilines is 1. The number of aromatic nitrogens is 4. The Hall–Kier alpha value is -2.96. The molecule has 0 bridgehead atoms. The van der Waals surface area contributed by atoms with Crippen molar-refractivity contribution in [2.24, 2.45) is 0 Å². The molecule has 0 radical (unpaired) electrons. The molecule has 0 saturated carbocycles. The van der Waals surface area contributed by atoms with Gasteiger partial charge in [0.15, 0.2) is 0 Å². The van der Waals surface area contributed by atoms with Crippen LogP contribution in [0.15, 0.2) is 47.7 Å². The van der Waals surface area contributed by atoms with Crippen molar-refractivity contribution in [2.75, 3.05) is 5.32 Å². The van der Waals surface area contributed by atoms with Crippen molar-refractivity contribution in [2.45, 2.75) is 39.2 Å². The number of unbranched alkanes of at least 4 members (excludes halogenated alkanes) is 2. The van der Waals surface area contributed by atoms with Crippen molar-refractivity contribution in [1.82, 2.24) is 19.4 Å². The lowest BCUT2D eigenvalue weighted by molar-refractivity contribution is -0.117. The van der Waals surface area contributed by atoms with Crippen molar-refractivity contribution < 1.29 is 4.79 Å². The van der Waals surface area contributed by atoms with Crippen molar-refractivity contribution >= 4 is 17.1 Å². The van der Waals surface area contributed by atoms with Crippen LogP contribution in [0.1, 0.15) is 31.7 Å². The second-order valence-corrected chi connectivity index (χ2v) is 5.96. The van der Waals surface area contributed by atoms with Crippen LogP contribution in [-0.4, -0.2) is 25.3 Å². The number of hydrogen-bond donors (Lipinski definition) is 1. The van der Waals surface area contributed by atoms with E-state index < -0.39 is 0 Å². The van der Waals surface area contributed by atoms with Crippen molar-refractivity contribution in [3.8, 4) is 0 Å². The van der Waals surface area contributed by atoms with E-state index in [1.165, 1.54) is 41.9 Å². The normalized spacial score (nSPS) is 10.9. The summed E-state index contributed by atoms with van der Waals surface area (Å²) in [4.78, 5) is 24.4. The van der Waals surface area contributed by atoms with Gasteiger partial charge in [-0.1, -0.05) is 31.9 Å². The Bertz CT molecular complexity index is 911. The maximum absolute atomic E-state index is 12.2. The number of nitrogens with one attached hydrogen (secondary N) is 1. The Morgan fingerprint density at radius 3 is 2.68 bits per heavy atom. The van der Waals surface area contributed by atoms with Gasteiger partial charge in [-0.25, -0.2) is 9.20 Å². The number of hydrogen-bond acceptors (Lipinski definition) is 4. The van der Waals surface area contributed by atoms with E-state index in [4.69, 9.17) is 0 Å². The number of rotatable bonds is 7. The van der Waals surface area contributed by atoms with E-state index in [0.717, 1.165) is 11.1 Å². The predicted molar refractivity (Wildman–Crippen MR) is 95.5 cm³/mol. The van der Waals surface area contributed by atoms with Gasteiger partial charge in [-0.2, -0.15) is 10.2 Å². The molecule has 7 heteroatoms. The maximum Gasteiger partial charge on any atom is 0.293 e. The lowest BCUT2D eigenvalue weighted by Gasteiger charge is -2.08. The second-order valence-electron chi connectivity index (χ2n) is 5.96. The van der Waals surface area contributed by atoms with Gasteiger partial charge in [-0.05, 0) is 36.6 Å². The molecule has 3 aromatic rings. The van der Waals surface area contributed by atoms with Crippen LogP contribution in [0, 0.1) is 0 Å². The van der Waals surface area contributed by atoms with E-state index in [9.17, 15) is 9.59 Å². The third-order valence-electron chi connectivity index (χ3n) is 4.02. The highest BCUT2D eigenvalue weighted by Gasteiger charge is 2.09. The molecule has 0 fully saturated rings. The fourth-order valence-corrected chi connectivity index (χ4v) is 2.65. The minimum absolute atomic E-state index is 0.140. The summed E-state index contributed by atoms with van der Waals surface area (Å²) in [7, 11) is 0. The molecule has 2 heterocycles. The Balaban J connectivity index is 1.61. The molecule has 0 saturated heterocycles. The molecular weight excluding hydrogens is 318 g/mol. The highest BCUT2D eigenvalue weighted by atomic mass is 16.2. The molecule has 0 unspecified atom stereocenters. The largest absolute Gasteiger partial charge is 0.324 e. The van der Waals surface area contributed by atoms with Crippen molar-refractivity contribution in [3.05, 3.63) is 58.8 Å². The Kier molecular flexibility index (Phi) is 5.23. The van der Waals surface area contributed by atoms with Crippen LogP contribution in [0.5, 0.6) is 0 Å². The van der Waals surface area contributed by atoms with Crippen LogP contribution in [0.2, 0.25) is 0 Å². The molecule has 0 aliphatic rings. The van der Waals surface area contributed by atoms with Crippen molar-refractivity contribution in [1.29, 1.82) is 0 Å². The van der Waals surface area contributed by atoms with E-state index in [1.807, 2.05) is 24.3 Å². The first-order chi connectivity index (χ1) is 12.2. The zero-order valence-corrected chi connectivity index (χ0v) is 14.2. The third kappa shape index (κ3) is 4.12. The van der Waals surface area contributed by atoms with Gasteiger partial charge in [0.2, 0.25) is 5.91 Å². The quantitative estimate of drug-likeness (QED) is 0.670. The van der Waals surface area contributed by atoms with Crippen LogP contribution in [0.4, 0.5) is 5.69 Å². The summed E-state index contributed by atoms with van der Waals surface area (Å²) in [6, 6.07) is 9.41. The number of carbonyl (C=O) groups is 1. The monoisotopic (exact) mass is 339 g/mol. The summed E-state index contributed by atoms with van der Waals surface area (Å²) in [5.74, 6) is -0.294. The van der Waals surface area contributed by atoms with E-state index in [-0.39, 0.29) is 18.0 Å². The SMILES string of the molecule is CCCCCc1ccc(NC(=O)Cn2ncn3nccc3c2=O)cc1. The van der Waals surface area contributed by atoms with Crippen molar-refractivity contribution in [3.63, 3.8) is 0 Å². The molecule has 0 aliphatic carbocycles. The standard InChI is InChI=1S/C18H21N5O2/c1-2-3-4-5-14-6-8-15(9-7-14)21-17(24)12-22-18(25)16-10-11-19-23(16)13-20-22/h6-11,13H,2-5,12H2,1H3,(H,21,24). The molecule has 25 heavy (non-hydrogen) atoms. The molecule has 1 N–H and O–H groups in total. The molecule has 0 aliphatic heterocycles. The average Bonchev–Trinajstić information content (AvgIpc) is 3.09. The summed E-state index contributed by atoms with van der Waals surface area (Å²) in [5.41, 5.74) is 2.01. The second kappa shape index (κ2) is 7.74. The smallest absolute Gasteiger partial charge is 0.293 e. The predicted octanol–water partition coefficient (Wildman–Crippen LogP) is 2.26. The van der Waals surface area contributed by atoms with Gasteiger partial charge in [0.25, 0.3) is 5.56 Å². The first-order valence-corrected chi connectivity index (χ1v) is 8.45. The van der Waals surface area contributed by atoms with Crippen LogP contribution in [0.3, 0.4) is 0 Å². The van der Waals surface area contributed by atoms with Crippen LogP contribution in [0.25, 0.3) is 5.52 Å². The van der Waals surface area contributed by atoms with Gasteiger partial charge in [-0.15, -0.1) is 0 Å². The van der Waals surface area contributed by atoms with Gasteiger partial charge < -0.3 is 5.32 Å². The van der Waals surface area contributed by atoms with Gasteiger partial charge in [-0.3, -0.25) is 9.59 Å². The first kappa shape index (κ1) is 16.9. The fourth-order valence-electron chi connectivity index (χ4n) is 2.65. The molecule has 1 amide bonds. The van der Waals surface area contributed by atoms with Crippen LogP contribution < -0.4 is 10.9 Å². The number of aryl methyl sites for hydroxylation is 1. The highest BCUT2D eigenvalue weighted by Crippen LogP contribution is 2.12. The Morgan fingerprint density at radius 2 is 1.92 bits per heavy atom. The van der Waals surface area contributed by atoms with E-state index in [1.54, 1.807) is 6.07 Å². The first-order valence-electron chi connectivity index (χ1n) is 8.45. The van der Waals surface area contributed by atoms with E-state index in [0.29, 0.717) is 11.2 Å². The lowest BCUT2D eigenvalue weighted by Crippen LogP contribution is -2.30. The minimum atomic E-state index is -0.346. The summed E-state index contributed by atoms with van der Waals surface area (Å²) in [6.45, 7) is 2.04. The Morgan fingerprint density at radius 1 is 1.12 bits per heavy atom. The maximum atomic E-state index is 12.2. The zero-order valence-electron chi connectivity index (χ0n) is 14.2. The molecule has 3 rings (SSSR count). The van der Waals surface area contributed by atoms with Crippen LogP contribution in [-0.2, 0) is 17.8 Å². The Labute approximate surface area is 145 Å². The number of nitrogens with zero attached hydrogens (tertiary/aromatic N) is 4. The van der Waals surface area contributed by atoms with Gasteiger partial charge in [0.05, 0.1) is 6.20 Å². The van der Waals surface area contributed by atoms with E-state index in [2.05, 4.69) is 22.4 Å². The topological polar surface area (TPSA) is 81.3 Å². The zero-order chi connectivity index (χ0) is 17.6. The molecular formula is C18H21N5O2. The number of fused-ring (bicyclic) bond motifs is 1. The molecule has 0 spiro atoms. The minimum Gasteiger partial charge on any atom is -0.324 e. The van der Waals surface area contributed by atoms with Gasteiger partial charge in [0.1, 0.15) is 18.4 Å². The number of benzene rings is 1. The van der Waals surface area contributed by atoms with Gasteiger partial charge >= 0.3 is 0 Å². The van der Waals surface area contributed by atoms with Crippen LogP contribution >= 0.6 is 0 Å². The summed E-state index contributed by atoms with van der Waals surface area (Å²) in [5, 5.41) is 10.7. The summed E-state index contributed by atoms with van der Waals surface area (Å²) >= 11 is 0. The highest BCUT2D eigenvalue weighted by molar-refractivity contribution is 5.90. The molecule has 1 aromatic carbocycles.